The van der Waals surface area contributed by atoms with Crippen LogP contribution in [0.3, 0.4) is 0 Å². The number of hydrogen-bond acceptors (Lipinski definition) is 4. The lowest BCUT2D eigenvalue weighted by Crippen LogP contribution is -2.47. The van der Waals surface area contributed by atoms with Crippen molar-refractivity contribution in [1.82, 2.24) is 10.6 Å². The number of piperidine rings is 1. The number of ether oxygens (including phenoxy) is 1. The van der Waals surface area contributed by atoms with Gasteiger partial charge in [-0.3, -0.25) is 4.79 Å². The Morgan fingerprint density at radius 1 is 1.28 bits per heavy atom. The summed E-state index contributed by atoms with van der Waals surface area (Å²) in [5.74, 6) is 0.301. The SMILES string of the molecule is CC(C)N[C@@H](COC1CCNCC1)C(=O)C(C)C. The summed E-state index contributed by atoms with van der Waals surface area (Å²) in [6.45, 7) is 10.6. The molecule has 1 aliphatic rings. The highest BCUT2D eigenvalue weighted by Gasteiger charge is 2.24. The lowest BCUT2D eigenvalue weighted by atomic mass is 10.0. The Morgan fingerprint density at radius 2 is 1.89 bits per heavy atom. The Bertz CT molecular complexity index is 248. The topological polar surface area (TPSA) is 50.4 Å². The number of ketones is 1. The molecule has 1 aliphatic heterocycles. The van der Waals surface area contributed by atoms with Crippen molar-refractivity contribution in [2.75, 3.05) is 19.7 Å². The molecule has 0 amide bonds. The van der Waals surface area contributed by atoms with Crippen LogP contribution in [0.1, 0.15) is 40.5 Å². The van der Waals surface area contributed by atoms with E-state index in [0.717, 1.165) is 25.9 Å². The van der Waals surface area contributed by atoms with Crippen molar-refractivity contribution >= 4 is 5.78 Å². The first-order valence-corrected chi connectivity index (χ1v) is 7.12. The summed E-state index contributed by atoms with van der Waals surface area (Å²) in [4.78, 5) is 12.1. The smallest absolute Gasteiger partial charge is 0.154 e. The highest BCUT2D eigenvalue weighted by atomic mass is 16.5. The fraction of sp³-hybridized carbons (Fsp3) is 0.929. The highest BCUT2D eigenvalue weighted by Crippen LogP contribution is 2.09. The molecule has 0 unspecified atom stereocenters. The first kappa shape index (κ1) is 15.6. The second-order valence-corrected chi connectivity index (χ2v) is 5.71. The fourth-order valence-electron chi connectivity index (χ4n) is 2.21. The van der Waals surface area contributed by atoms with Gasteiger partial charge in [-0.25, -0.2) is 0 Å². The van der Waals surface area contributed by atoms with Gasteiger partial charge >= 0.3 is 0 Å². The zero-order valence-electron chi connectivity index (χ0n) is 12.2. The zero-order chi connectivity index (χ0) is 13.5. The van der Waals surface area contributed by atoms with Crippen LogP contribution in [0.2, 0.25) is 0 Å². The summed E-state index contributed by atoms with van der Waals surface area (Å²) >= 11 is 0. The van der Waals surface area contributed by atoms with Crippen molar-refractivity contribution in [1.29, 1.82) is 0 Å². The van der Waals surface area contributed by atoms with Gasteiger partial charge in [-0.05, 0) is 25.9 Å². The molecule has 0 aromatic carbocycles. The van der Waals surface area contributed by atoms with Crippen LogP contribution >= 0.6 is 0 Å². The number of carbonyl (C=O) groups excluding carboxylic acids is 1. The van der Waals surface area contributed by atoms with E-state index in [9.17, 15) is 4.79 Å². The summed E-state index contributed by atoms with van der Waals surface area (Å²) in [7, 11) is 0. The van der Waals surface area contributed by atoms with Gasteiger partial charge in [0.05, 0.1) is 18.8 Å². The fourth-order valence-corrected chi connectivity index (χ4v) is 2.21. The van der Waals surface area contributed by atoms with Crippen LogP contribution in [-0.2, 0) is 9.53 Å². The van der Waals surface area contributed by atoms with E-state index < -0.39 is 0 Å². The van der Waals surface area contributed by atoms with Gasteiger partial charge in [0, 0.05) is 12.0 Å². The Balaban J connectivity index is 2.42. The normalized spacial score (nSPS) is 19.4. The number of Topliss-reactive ketones (excluding diaryl/α,β-unsaturated/α-hetero) is 1. The average Bonchev–Trinajstić information content (AvgIpc) is 2.34. The number of nitrogens with one attached hydrogen (secondary N) is 2. The second-order valence-electron chi connectivity index (χ2n) is 5.71. The van der Waals surface area contributed by atoms with Crippen molar-refractivity contribution < 1.29 is 9.53 Å². The van der Waals surface area contributed by atoms with Crippen LogP contribution in [0, 0.1) is 5.92 Å². The Labute approximate surface area is 111 Å². The minimum Gasteiger partial charge on any atom is -0.376 e. The van der Waals surface area contributed by atoms with E-state index in [1.54, 1.807) is 0 Å². The minimum absolute atomic E-state index is 0.0536. The van der Waals surface area contributed by atoms with E-state index >= 15 is 0 Å². The van der Waals surface area contributed by atoms with Gasteiger partial charge in [0.25, 0.3) is 0 Å². The number of hydrogen-bond donors (Lipinski definition) is 2. The molecule has 0 aromatic heterocycles. The average molecular weight is 256 g/mol. The lowest BCUT2D eigenvalue weighted by molar-refractivity contribution is -0.126. The monoisotopic (exact) mass is 256 g/mol. The van der Waals surface area contributed by atoms with Gasteiger partial charge in [0.1, 0.15) is 0 Å². The zero-order valence-corrected chi connectivity index (χ0v) is 12.2. The second kappa shape index (κ2) is 7.87. The van der Waals surface area contributed by atoms with Gasteiger partial charge in [-0.2, -0.15) is 0 Å². The van der Waals surface area contributed by atoms with Crippen LogP contribution in [0.15, 0.2) is 0 Å². The Hall–Kier alpha value is -0.450. The molecule has 0 saturated carbocycles. The molecule has 106 valence electrons. The van der Waals surface area contributed by atoms with Gasteiger partial charge in [0.15, 0.2) is 5.78 Å². The van der Waals surface area contributed by atoms with Crippen molar-refractivity contribution in [3.05, 3.63) is 0 Å². The molecule has 0 aliphatic carbocycles. The molecule has 1 heterocycles. The molecule has 4 nitrogen and oxygen atoms in total. The predicted octanol–water partition coefficient (Wildman–Crippen LogP) is 1.35. The van der Waals surface area contributed by atoms with Gasteiger partial charge in [-0.15, -0.1) is 0 Å². The van der Waals surface area contributed by atoms with Crippen LogP contribution < -0.4 is 10.6 Å². The van der Waals surface area contributed by atoms with Gasteiger partial charge in [-0.1, -0.05) is 27.7 Å². The Kier molecular flexibility index (Phi) is 6.82. The van der Waals surface area contributed by atoms with Gasteiger partial charge in [0.2, 0.25) is 0 Å². The molecule has 0 spiro atoms. The molecule has 0 bridgehead atoms. The molecule has 2 N–H and O–H groups in total. The maximum Gasteiger partial charge on any atom is 0.154 e. The summed E-state index contributed by atoms with van der Waals surface area (Å²) < 4.78 is 5.89. The minimum atomic E-state index is -0.167. The molecular formula is C14H28N2O2. The largest absolute Gasteiger partial charge is 0.376 e. The molecule has 4 heteroatoms. The van der Waals surface area contributed by atoms with Crippen LogP contribution in [0.25, 0.3) is 0 Å². The molecule has 1 fully saturated rings. The van der Waals surface area contributed by atoms with E-state index in [-0.39, 0.29) is 17.7 Å². The maximum atomic E-state index is 12.1. The highest BCUT2D eigenvalue weighted by molar-refractivity contribution is 5.85. The molecule has 18 heavy (non-hydrogen) atoms. The molecule has 1 rings (SSSR count). The summed E-state index contributed by atoms with van der Waals surface area (Å²) in [6.07, 6.45) is 2.40. The van der Waals surface area contributed by atoms with Crippen LogP contribution in [0.5, 0.6) is 0 Å². The lowest BCUT2D eigenvalue weighted by Gasteiger charge is -2.27. The first-order valence-electron chi connectivity index (χ1n) is 7.12. The summed E-state index contributed by atoms with van der Waals surface area (Å²) in [5.41, 5.74) is 0. The Morgan fingerprint density at radius 3 is 2.39 bits per heavy atom. The number of carbonyl (C=O) groups is 1. The molecule has 0 aromatic rings. The van der Waals surface area contributed by atoms with E-state index in [1.165, 1.54) is 0 Å². The maximum absolute atomic E-state index is 12.1. The molecule has 0 radical (unpaired) electrons. The van der Waals surface area contributed by atoms with Crippen molar-refractivity contribution in [3.8, 4) is 0 Å². The van der Waals surface area contributed by atoms with Crippen LogP contribution in [-0.4, -0.2) is 43.7 Å². The third-order valence-electron chi connectivity index (χ3n) is 3.23. The molecule has 1 saturated heterocycles. The predicted molar refractivity (Wildman–Crippen MR) is 73.7 cm³/mol. The van der Waals surface area contributed by atoms with Crippen LogP contribution in [0.4, 0.5) is 0 Å². The summed E-state index contributed by atoms with van der Waals surface area (Å²) in [5, 5.41) is 6.62. The van der Waals surface area contributed by atoms with Crippen molar-refractivity contribution in [3.63, 3.8) is 0 Å². The number of rotatable bonds is 7. The third kappa shape index (κ3) is 5.46. The van der Waals surface area contributed by atoms with E-state index in [4.69, 9.17) is 4.74 Å². The van der Waals surface area contributed by atoms with Gasteiger partial charge < -0.3 is 15.4 Å². The van der Waals surface area contributed by atoms with E-state index in [1.807, 2.05) is 13.8 Å². The summed E-state index contributed by atoms with van der Waals surface area (Å²) in [6, 6.07) is 0.134. The van der Waals surface area contributed by atoms with Crippen molar-refractivity contribution in [2.45, 2.75) is 58.7 Å². The molecule has 1 atom stereocenters. The van der Waals surface area contributed by atoms with Crippen molar-refractivity contribution in [2.24, 2.45) is 5.92 Å². The standard InChI is InChI=1S/C14H28N2O2/c1-10(2)14(17)13(16-11(3)4)9-18-12-5-7-15-8-6-12/h10-13,15-16H,5-9H2,1-4H3/t13-/m0/s1. The molecular weight excluding hydrogens is 228 g/mol. The first-order chi connectivity index (χ1) is 8.50. The van der Waals surface area contributed by atoms with E-state index in [2.05, 4.69) is 24.5 Å². The third-order valence-corrected chi connectivity index (χ3v) is 3.23. The quantitative estimate of drug-likeness (QED) is 0.722. The van der Waals surface area contributed by atoms with E-state index in [0.29, 0.717) is 18.8 Å².